The predicted octanol–water partition coefficient (Wildman–Crippen LogP) is 1.45. The van der Waals surface area contributed by atoms with Crippen molar-refractivity contribution in [2.24, 2.45) is 5.73 Å². The summed E-state index contributed by atoms with van der Waals surface area (Å²) in [4.78, 5) is 8.90. The lowest BCUT2D eigenvalue weighted by molar-refractivity contribution is 0.418. The molecule has 0 saturated carbocycles. The van der Waals surface area contributed by atoms with Crippen LogP contribution in [0.25, 0.3) is 10.9 Å². The first-order valence-corrected chi connectivity index (χ1v) is 5.26. The summed E-state index contributed by atoms with van der Waals surface area (Å²) in [6, 6.07) is 5.85. The molecule has 2 aromatic rings. The highest BCUT2D eigenvalue weighted by Crippen LogP contribution is 2.24. The summed E-state index contributed by atoms with van der Waals surface area (Å²) in [5.41, 5.74) is 7.34. The number of hydrogen-bond acceptors (Lipinski definition) is 4. The lowest BCUT2D eigenvalue weighted by atomic mass is 10.2. The van der Waals surface area contributed by atoms with E-state index in [2.05, 4.69) is 9.97 Å². The number of ether oxygens (including phenoxy) is 1. The van der Waals surface area contributed by atoms with Crippen LogP contribution in [-0.2, 0) is 6.42 Å². The Morgan fingerprint density at radius 3 is 2.81 bits per heavy atom. The molecule has 1 heterocycles. The maximum atomic E-state index is 5.51. The van der Waals surface area contributed by atoms with E-state index in [0.717, 1.165) is 28.2 Å². The molecule has 4 nitrogen and oxygen atoms in total. The second-order valence-electron chi connectivity index (χ2n) is 3.62. The minimum atomic E-state index is 0.556. The quantitative estimate of drug-likeness (QED) is 0.845. The van der Waals surface area contributed by atoms with Crippen LogP contribution >= 0.6 is 0 Å². The zero-order valence-electron chi connectivity index (χ0n) is 9.53. The standard InChI is InChI=1S/C12H15N3O/c1-8-9-4-3-5-10(16-2)12(9)15-11(14-8)6-7-13/h3-5H,6-7,13H2,1-2H3. The van der Waals surface area contributed by atoms with Crippen molar-refractivity contribution in [3.05, 3.63) is 29.7 Å². The normalized spacial score (nSPS) is 10.7. The molecule has 1 aromatic heterocycles. The number of para-hydroxylation sites is 1. The number of nitrogens with zero attached hydrogens (tertiary/aromatic N) is 2. The first kappa shape index (κ1) is 10.8. The van der Waals surface area contributed by atoms with Gasteiger partial charge in [-0.1, -0.05) is 12.1 Å². The van der Waals surface area contributed by atoms with Gasteiger partial charge in [0.15, 0.2) is 0 Å². The van der Waals surface area contributed by atoms with Crippen molar-refractivity contribution in [3.63, 3.8) is 0 Å². The van der Waals surface area contributed by atoms with Crippen LogP contribution in [0.1, 0.15) is 11.5 Å². The Balaban J connectivity index is 2.67. The number of fused-ring (bicyclic) bond motifs is 1. The molecule has 0 atom stereocenters. The minimum Gasteiger partial charge on any atom is -0.494 e. The summed E-state index contributed by atoms with van der Waals surface area (Å²) in [6.45, 7) is 2.53. The molecule has 0 aliphatic rings. The van der Waals surface area contributed by atoms with E-state index in [0.29, 0.717) is 13.0 Å². The predicted molar refractivity (Wildman–Crippen MR) is 63.6 cm³/mol. The topological polar surface area (TPSA) is 61.0 Å². The molecule has 0 unspecified atom stereocenters. The zero-order chi connectivity index (χ0) is 11.5. The third kappa shape index (κ3) is 1.84. The smallest absolute Gasteiger partial charge is 0.145 e. The van der Waals surface area contributed by atoms with E-state index in [1.165, 1.54) is 0 Å². The monoisotopic (exact) mass is 217 g/mol. The Bertz CT molecular complexity index is 511. The molecule has 2 N–H and O–H groups in total. The summed E-state index contributed by atoms with van der Waals surface area (Å²) in [5.74, 6) is 1.55. The lowest BCUT2D eigenvalue weighted by Crippen LogP contribution is -2.07. The van der Waals surface area contributed by atoms with E-state index in [9.17, 15) is 0 Å². The lowest BCUT2D eigenvalue weighted by Gasteiger charge is -2.08. The minimum absolute atomic E-state index is 0.556. The number of aryl methyl sites for hydroxylation is 1. The van der Waals surface area contributed by atoms with Gasteiger partial charge in [0.1, 0.15) is 17.1 Å². The van der Waals surface area contributed by atoms with Gasteiger partial charge in [-0.15, -0.1) is 0 Å². The van der Waals surface area contributed by atoms with Crippen molar-refractivity contribution in [2.45, 2.75) is 13.3 Å². The van der Waals surface area contributed by atoms with Gasteiger partial charge in [-0.05, 0) is 19.5 Å². The SMILES string of the molecule is COc1cccc2c(C)nc(CCN)nc12. The van der Waals surface area contributed by atoms with Crippen LogP contribution in [0.2, 0.25) is 0 Å². The maximum Gasteiger partial charge on any atom is 0.145 e. The summed E-state index contributed by atoms with van der Waals surface area (Å²) < 4.78 is 5.29. The Labute approximate surface area is 94.5 Å². The molecule has 84 valence electrons. The second-order valence-corrected chi connectivity index (χ2v) is 3.62. The van der Waals surface area contributed by atoms with Crippen LogP contribution in [0.3, 0.4) is 0 Å². The average Bonchev–Trinajstić information content (AvgIpc) is 2.29. The van der Waals surface area contributed by atoms with Crippen molar-refractivity contribution < 1.29 is 4.74 Å². The molecule has 0 spiro atoms. The molecule has 4 heteroatoms. The molecule has 0 amide bonds. The first-order chi connectivity index (χ1) is 7.76. The highest BCUT2D eigenvalue weighted by molar-refractivity contribution is 5.86. The van der Waals surface area contributed by atoms with Gasteiger partial charge in [-0.25, -0.2) is 9.97 Å². The van der Waals surface area contributed by atoms with Gasteiger partial charge in [0.2, 0.25) is 0 Å². The zero-order valence-corrected chi connectivity index (χ0v) is 9.53. The van der Waals surface area contributed by atoms with Crippen LogP contribution in [-0.4, -0.2) is 23.6 Å². The van der Waals surface area contributed by atoms with Crippen molar-refractivity contribution >= 4 is 10.9 Å². The average molecular weight is 217 g/mol. The Morgan fingerprint density at radius 1 is 1.31 bits per heavy atom. The van der Waals surface area contributed by atoms with Crippen LogP contribution in [0.15, 0.2) is 18.2 Å². The summed E-state index contributed by atoms with van der Waals surface area (Å²) >= 11 is 0. The number of benzene rings is 1. The maximum absolute atomic E-state index is 5.51. The van der Waals surface area contributed by atoms with Crippen LogP contribution in [0.4, 0.5) is 0 Å². The summed E-state index contributed by atoms with van der Waals surface area (Å²) in [7, 11) is 1.65. The molecule has 0 bridgehead atoms. The molecule has 1 aromatic carbocycles. The van der Waals surface area contributed by atoms with Crippen LogP contribution in [0, 0.1) is 6.92 Å². The highest BCUT2D eigenvalue weighted by atomic mass is 16.5. The fourth-order valence-corrected chi connectivity index (χ4v) is 1.74. The first-order valence-electron chi connectivity index (χ1n) is 5.26. The fraction of sp³-hybridized carbons (Fsp3) is 0.333. The third-order valence-corrected chi connectivity index (χ3v) is 2.51. The molecule has 2 rings (SSSR count). The number of methoxy groups -OCH3 is 1. The van der Waals surface area contributed by atoms with Gasteiger partial charge in [0.05, 0.1) is 7.11 Å². The van der Waals surface area contributed by atoms with Crippen molar-refractivity contribution in [1.82, 2.24) is 9.97 Å². The van der Waals surface area contributed by atoms with Crippen molar-refractivity contribution in [2.75, 3.05) is 13.7 Å². The number of nitrogens with two attached hydrogens (primary N) is 1. The van der Waals surface area contributed by atoms with E-state index >= 15 is 0 Å². The molecule has 0 fully saturated rings. The second kappa shape index (κ2) is 4.45. The third-order valence-electron chi connectivity index (χ3n) is 2.51. The molecule has 16 heavy (non-hydrogen) atoms. The van der Waals surface area contributed by atoms with Gasteiger partial charge >= 0.3 is 0 Å². The molecule has 0 aliphatic heterocycles. The van der Waals surface area contributed by atoms with Crippen LogP contribution in [0.5, 0.6) is 5.75 Å². The molecule has 0 aliphatic carbocycles. The highest BCUT2D eigenvalue weighted by Gasteiger charge is 2.07. The molecular weight excluding hydrogens is 202 g/mol. The van der Waals surface area contributed by atoms with Gasteiger partial charge in [-0.3, -0.25) is 0 Å². The Morgan fingerprint density at radius 2 is 2.12 bits per heavy atom. The molecule has 0 radical (unpaired) electrons. The van der Waals surface area contributed by atoms with Gasteiger partial charge in [-0.2, -0.15) is 0 Å². The Hall–Kier alpha value is -1.68. The van der Waals surface area contributed by atoms with Gasteiger partial charge < -0.3 is 10.5 Å². The van der Waals surface area contributed by atoms with E-state index in [1.54, 1.807) is 7.11 Å². The van der Waals surface area contributed by atoms with E-state index in [-0.39, 0.29) is 0 Å². The summed E-state index contributed by atoms with van der Waals surface area (Å²) in [5, 5.41) is 1.03. The molecular formula is C12H15N3O. The van der Waals surface area contributed by atoms with Crippen LogP contribution < -0.4 is 10.5 Å². The number of hydrogen-bond donors (Lipinski definition) is 1. The van der Waals surface area contributed by atoms with Crippen molar-refractivity contribution in [3.8, 4) is 5.75 Å². The van der Waals surface area contributed by atoms with Gasteiger partial charge in [0, 0.05) is 17.5 Å². The fourth-order valence-electron chi connectivity index (χ4n) is 1.74. The number of rotatable bonds is 3. The Kier molecular flexibility index (Phi) is 3.01. The number of aromatic nitrogens is 2. The largest absolute Gasteiger partial charge is 0.494 e. The van der Waals surface area contributed by atoms with Crippen molar-refractivity contribution in [1.29, 1.82) is 0 Å². The van der Waals surface area contributed by atoms with E-state index in [1.807, 2.05) is 25.1 Å². The summed E-state index contributed by atoms with van der Waals surface area (Å²) in [6.07, 6.45) is 0.689. The van der Waals surface area contributed by atoms with E-state index in [4.69, 9.17) is 10.5 Å². The molecule has 0 saturated heterocycles. The van der Waals surface area contributed by atoms with Gasteiger partial charge in [0.25, 0.3) is 0 Å². The van der Waals surface area contributed by atoms with E-state index < -0.39 is 0 Å².